The summed E-state index contributed by atoms with van der Waals surface area (Å²) in [6.45, 7) is 21.8. The molecule has 0 spiro atoms. The molecule has 2 aromatic carbocycles. The Hall–Kier alpha value is -0.456. The minimum atomic E-state index is -1.47. The fourth-order valence-electron chi connectivity index (χ4n) is 3.51. The normalized spacial score (nSPS) is 14.5. The van der Waals surface area contributed by atoms with Crippen LogP contribution in [0.4, 0.5) is 0 Å². The van der Waals surface area contributed by atoms with Crippen LogP contribution in [-0.4, -0.2) is 70.4 Å². The molecular weight excluding hydrogens is 635 g/mol. The Morgan fingerprint density at radius 3 is 1.53 bits per heavy atom. The first-order valence-corrected chi connectivity index (χ1v) is 24.2. The summed E-state index contributed by atoms with van der Waals surface area (Å²) in [6.07, 6.45) is 3.28. The van der Waals surface area contributed by atoms with Gasteiger partial charge in [0.25, 0.3) is 0 Å². The van der Waals surface area contributed by atoms with Crippen LogP contribution in [0, 0.1) is 5.92 Å². The van der Waals surface area contributed by atoms with Gasteiger partial charge in [-0.15, -0.1) is 0 Å². The molecular formula is C33H59Cl3N2O3Si2. The van der Waals surface area contributed by atoms with Crippen LogP contribution in [0.15, 0.2) is 48.5 Å². The summed E-state index contributed by atoms with van der Waals surface area (Å²) in [5, 5.41) is 27.0. The minimum absolute atomic E-state index is 0.0302. The molecule has 2 aromatic rings. The van der Waals surface area contributed by atoms with Crippen molar-refractivity contribution in [1.29, 1.82) is 0 Å². The van der Waals surface area contributed by atoms with E-state index < -0.39 is 15.7 Å². The molecule has 0 amide bonds. The first-order valence-electron chi connectivity index (χ1n) is 15.5. The van der Waals surface area contributed by atoms with Gasteiger partial charge in [-0.1, -0.05) is 94.3 Å². The largest absolute Gasteiger partial charge is 0.416 e. The van der Waals surface area contributed by atoms with Crippen molar-refractivity contribution >= 4 is 50.0 Å². The predicted octanol–water partition coefficient (Wildman–Crippen LogP) is 8.40. The highest BCUT2D eigenvalue weighted by Crippen LogP contribution is 2.14. The first kappa shape index (κ1) is 42.5. The highest BCUT2D eigenvalue weighted by atomic mass is 35.6. The Labute approximate surface area is 279 Å². The number of aliphatic hydroxyl groups excluding tert-OH is 2. The summed E-state index contributed by atoms with van der Waals surface area (Å²) in [5.41, 5.74) is 2.42. The summed E-state index contributed by atoms with van der Waals surface area (Å²) < 4.78 is 6.10. The molecule has 4 atom stereocenters. The third kappa shape index (κ3) is 26.5. The Kier molecular flexibility index (Phi) is 22.7. The van der Waals surface area contributed by atoms with Gasteiger partial charge in [0.2, 0.25) is 0 Å². The van der Waals surface area contributed by atoms with Gasteiger partial charge in [0, 0.05) is 35.3 Å². The average molecular weight is 694 g/mol. The van der Waals surface area contributed by atoms with Crippen molar-refractivity contribution in [2.24, 2.45) is 5.92 Å². The molecule has 248 valence electrons. The first-order chi connectivity index (χ1) is 19.9. The van der Waals surface area contributed by atoms with E-state index in [1.807, 2.05) is 43.3 Å². The van der Waals surface area contributed by atoms with Crippen LogP contribution in [-0.2, 0) is 17.3 Å². The molecule has 10 heteroatoms. The molecule has 0 radical (unpaired) electrons. The highest BCUT2D eigenvalue weighted by molar-refractivity contribution is 7.18. The molecule has 43 heavy (non-hydrogen) atoms. The average Bonchev–Trinajstić information content (AvgIpc) is 2.93. The molecule has 4 N–H and O–H groups in total. The van der Waals surface area contributed by atoms with Crippen molar-refractivity contribution in [1.82, 2.24) is 10.6 Å². The molecule has 0 aromatic heterocycles. The number of hydrogen-bond donors (Lipinski definition) is 4. The minimum Gasteiger partial charge on any atom is -0.416 e. The third-order valence-electron chi connectivity index (χ3n) is 6.29. The van der Waals surface area contributed by atoms with E-state index in [-0.39, 0.29) is 18.8 Å². The Balaban J connectivity index is 0.000000720. The number of aliphatic hydroxyl groups is 2. The van der Waals surface area contributed by atoms with Crippen LogP contribution in [0.25, 0.3) is 0 Å². The monoisotopic (exact) mass is 692 g/mol. The smallest absolute Gasteiger partial charge is 0.183 e. The lowest BCUT2D eigenvalue weighted by Gasteiger charge is -2.25. The maximum atomic E-state index is 9.44. The molecule has 0 fully saturated rings. The van der Waals surface area contributed by atoms with E-state index in [0.29, 0.717) is 29.9 Å². The molecule has 0 aliphatic rings. The Morgan fingerprint density at radius 1 is 0.744 bits per heavy atom. The summed E-state index contributed by atoms with van der Waals surface area (Å²) in [6, 6.07) is 16.0. The van der Waals surface area contributed by atoms with Gasteiger partial charge in [-0.25, -0.2) is 0 Å². The van der Waals surface area contributed by atoms with E-state index in [2.05, 4.69) is 75.9 Å². The van der Waals surface area contributed by atoms with Crippen LogP contribution in [0.3, 0.4) is 0 Å². The number of nitrogens with one attached hydrogen (secondary N) is 2. The number of halogens is 3. The lowest BCUT2D eigenvalue weighted by Crippen LogP contribution is -2.41. The number of rotatable bonds is 16. The van der Waals surface area contributed by atoms with E-state index >= 15 is 0 Å². The van der Waals surface area contributed by atoms with Gasteiger partial charge in [-0.3, -0.25) is 0 Å². The van der Waals surface area contributed by atoms with Crippen molar-refractivity contribution in [3.63, 3.8) is 0 Å². The van der Waals surface area contributed by atoms with E-state index in [1.54, 1.807) is 0 Å². The summed E-state index contributed by atoms with van der Waals surface area (Å²) in [5.74, 6) is 0.699. The third-order valence-corrected chi connectivity index (χ3v) is 7.83. The van der Waals surface area contributed by atoms with Gasteiger partial charge < -0.3 is 25.3 Å². The highest BCUT2D eigenvalue weighted by Gasteiger charge is 2.18. The Morgan fingerprint density at radius 2 is 1.16 bits per heavy atom. The lowest BCUT2D eigenvalue weighted by molar-refractivity contribution is 0.153. The zero-order valence-corrected chi connectivity index (χ0v) is 32.3. The van der Waals surface area contributed by atoms with Gasteiger partial charge in [-0.2, -0.15) is 11.1 Å². The van der Waals surface area contributed by atoms with E-state index in [9.17, 15) is 10.2 Å². The zero-order valence-electron chi connectivity index (χ0n) is 28.0. The second kappa shape index (κ2) is 23.0. The summed E-state index contributed by atoms with van der Waals surface area (Å²) in [4.78, 5) is 0. The van der Waals surface area contributed by atoms with Gasteiger partial charge in [0.1, 0.15) is 7.38 Å². The maximum absolute atomic E-state index is 9.44. The van der Waals surface area contributed by atoms with Crippen molar-refractivity contribution in [3.05, 3.63) is 69.7 Å². The quantitative estimate of drug-likeness (QED) is 0.105. The Bertz CT molecular complexity index is 950. The van der Waals surface area contributed by atoms with Gasteiger partial charge in [-0.05, 0) is 86.8 Å². The van der Waals surface area contributed by atoms with E-state index in [1.165, 1.54) is 12.0 Å². The molecule has 2 rings (SSSR count). The lowest BCUT2D eigenvalue weighted by atomic mass is 10.0. The molecule has 0 heterocycles. The molecule has 2 unspecified atom stereocenters. The van der Waals surface area contributed by atoms with Crippen LogP contribution < -0.4 is 10.6 Å². The summed E-state index contributed by atoms with van der Waals surface area (Å²) >= 11 is 17.4. The molecule has 0 aliphatic carbocycles. The molecule has 0 saturated heterocycles. The van der Waals surface area contributed by atoms with Crippen molar-refractivity contribution in [2.45, 2.75) is 104 Å². The van der Waals surface area contributed by atoms with Crippen molar-refractivity contribution in [2.75, 3.05) is 26.3 Å². The molecule has 0 saturated carbocycles. The van der Waals surface area contributed by atoms with Gasteiger partial charge in [0.05, 0.1) is 12.7 Å². The van der Waals surface area contributed by atoms with Crippen LogP contribution in [0.5, 0.6) is 0 Å². The zero-order chi connectivity index (χ0) is 33.1. The topological polar surface area (TPSA) is 73.8 Å². The SMILES string of the molecule is CC[C@@H](C)CNC(CO[Si](C)(C)C)Cc1ccc(Cl)cc1.CC[C@@H](O)CNC(CO)Cc1ccc(Cl)cc1.C[Si](C)(C)Cl. The van der Waals surface area contributed by atoms with Crippen LogP contribution in [0.1, 0.15) is 44.7 Å². The van der Waals surface area contributed by atoms with Gasteiger partial charge >= 0.3 is 0 Å². The van der Waals surface area contributed by atoms with E-state index in [4.69, 9.17) is 38.7 Å². The van der Waals surface area contributed by atoms with Crippen molar-refractivity contribution < 1.29 is 14.6 Å². The number of hydrogen-bond acceptors (Lipinski definition) is 5. The fraction of sp³-hybridized carbons (Fsp3) is 0.636. The van der Waals surface area contributed by atoms with E-state index in [0.717, 1.165) is 36.6 Å². The number of benzene rings is 2. The second-order valence-corrected chi connectivity index (χ2v) is 26.0. The second-order valence-electron chi connectivity index (χ2n) is 13.1. The van der Waals surface area contributed by atoms with Crippen LogP contribution in [0.2, 0.25) is 49.3 Å². The van der Waals surface area contributed by atoms with Crippen molar-refractivity contribution in [3.8, 4) is 0 Å². The van der Waals surface area contributed by atoms with Gasteiger partial charge in [0.15, 0.2) is 8.32 Å². The molecule has 0 aliphatic heterocycles. The molecule has 0 bridgehead atoms. The fourth-order valence-corrected chi connectivity index (χ4v) is 4.46. The maximum Gasteiger partial charge on any atom is 0.183 e. The van der Waals surface area contributed by atoms with Crippen LogP contribution >= 0.6 is 34.3 Å². The standard InChI is InChI=1S/C17H30ClNOSi.C13H20ClNO2.C3H9ClSi/c1-6-14(2)12-19-17(13-20-21(3,4)5)11-15-7-9-16(18)10-8-15;1-2-13(17)8-15-12(9-16)7-10-3-5-11(14)6-4-10;1-5(2,3)4/h7-10,14,17,19H,6,11-13H2,1-5H3;3-6,12-13,15-17H,2,7-9H2,1H3;1-3H3/t14-,17?;12?,13-;/m11./s1. The molecule has 5 nitrogen and oxygen atoms in total. The summed E-state index contributed by atoms with van der Waals surface area (Å²) in [7, 11) is -2.61. The predicted molar refractivity (Wildman–Crippen MR) is 195 cm³/mol.